The molecule has 0 unspecified atom stereocenters. The van der Waals surface area contributed by atoms with Crippen LogP contribution in [0.15, 0.2) is 72.8 Å². The summed E-state index contributed by atoms with van der Waals surface area (Å²) in [5.41, 5.74) is 3.80. The average Bonchev–Trinajstić information content (AvgIpc) is 2.87. The molecule has 2 amide bonds. The van der Waals surface area contributed by atoms with Crippen LogP contribution in [0, 0.1) is 0 Å². The summed E-state index contributed by atoms with van der Waals surface area (Å²) in [6.07, 6.45) is 3.18. The number of ether oxygens (including phenoxy) is 1. The summed E-state index contributed by atoms with van der Waals surface area (Å²) in [4.78, 5) is 29.9. The monoisotopic (exact) mass is 441 g/mol. The fourth-order valence-corrected chi connectivity index (χ4v) is 4.59. The van der Waals surface area contributed by atoms with E-state index in [1.165, 1.54) is 0 Å². The zero-order valence-electron chi connectivity index (χ0n) is 18.7. The minimum atomic E-state index is -0.206. The molecule has 168 valence electrons. The minimum absolute atomic E-state index is 0.0610. The Balaban J connectivity index is 1.27. The van der Waals surface area contributed by atoms with Gasteiger partial charge in [-0.2, -0.15) is 0 Å². The smallest absolute Gasteiger partial charge is 0.257 e. The molecule has 3 aromatic rings. The van der Waals surface area contributed by atoms with E-state index in [1.54, 1.807) is 12.1 Å². The summed E-state index contributed by atoms with van der Waals surface area (Å²) >= 11 is 0. The lowest BCUT2D eigenvalue weighted by Crippen LogP contribution is -2.55. The quantitative estimate of drug-likeness (QED) is 0.611. The number of hydrogen-bond acceptors (Lipinski definition) is 4. The van der Waals surface area contributed by atoms with Gasteiger partial charge in [-0.25, -0.2) is 0 Å². The van der Waals surface area contributed by atoms with Crippen LogP contribution >= 0.6 is 0 Å². The summed E-state index contributed by atoms with van der Waals surface area (Å²) in [7, 11) is 2.00. The first-order valence-electron chi connectivity index (χ1n) is 11.4. The summed E-state index contributed by atoms with van der Waals surface area (Å²) in [6, 6.07) is 22.6. The fraction of sp³-hybridized carbons (Fsp3) is 0.259. The summed E-state index contributed by atoms with van der Waals surface area (Å²) in [5, 5.41) is 2.94. The highest BCUT2D eigenvalue weighted by molar-refractivity contribution is 6.08. The first-order chi connectivity index (χ1) is 16.1. The Kier molecular flexibility index (Phi) is 5.73. The molecule has 33 heavy (non-hydrogen) atoms. The van der Waals surface area contributed by atoms with Crippen molar-refractivity contribution < 1.29 is 14.3 Å². The standard InChI is InChI=1S/C27H27N3O3/c1-29-24-17-20(10-15-23(24)27(32)30-16-6-5-9-25(29)30)26(31)28-21-11-13-22(14-12-21)33-18-19-7-3-2-4-8-19/h2-4,7-8,10-15,17,25H,5-6,9,16,18H2,1H3,(H,28,31)/t25-/m0/s1. The van der Waals surface area contributed by atoms with Crippen LogP contribution in [-0.4, -0.2) is 36.5 Å². The molecule has 1 saturated heterocycles. The lowest BCUT2D eigenvalue weighted by molar-refractivity contribution is 0.0589. The van der Waals surface area contributed by atoms with Crippen LogP contribution in [0.2, 0.25) is 0 Å². The molecule has 6 heteroatoms. The number of anilines is 2. The van der Waals surface area contributed by atoms with E-state index in [0.29, 0.717) is 23.4 Å². The molecule has 0 radical (unpaired) electrons. The molecule has 2 heterocycles. The van der Waals surface area contributed by atoms with E-state index in [9.17, 15) is 9.59 Å². The molecule has 2 aliphatic heterocycles. The van der Waals surface area contributed by atoms with E-state index >= 15 is 0 Å². The second kappa shape index (κ2) is 8.98. The van der Waals surface area contributed by atoms with Crippen molar-refractivity contribution in [3.63, 3.8) is 0 Å². The first-order valence-corrected chi connectivity index (χ1v) is 11.4. The number of nitrogens with one attached hydrogen (secondary N) is 1. The van der Waals surface area contributed by atoms with Crippen LogP contribution < -0.4 is 15.0 Å². The highest BCUT2D eigenvalue weighted by atomic mass is 16.5. The maximum atomic E-state index is 12.9. The molecular formula is C27H27N3O3. The van der Waals surface area contributed by atoms with Crippen LogP contribution in [-0.2, 0) is 6.61 Å². The van der Waals surface area contributed by atoms with Crippen molar-refractivity contribution in [1.29, 1.82) is 0 Å². The maximum absolute atomic E-state index is 12.9. The molecule has 1 atom stereocenters. The number of fused-ring (bicyclic) bond motifs is 2. The molecule has 0 saturated carbocycles. The van der Waals surface area contributed by atoms with Gasteiger partial charge in [0.2, 0.25) is 0 Å². The maximum Gasteiger partial charge on any atom is 0.257 e. The van der Waals surface area contributed by atoms with Crippen LogP contribution in [0.4, 0.5) is 11.4 Å². The normalized spacial score (nSPS) is 17.2. The van der Waals surface area contributed by atoms with Crippen LogP contribution in [0.25, 0.3) is 0 Å². The highest BCUT2D eigenvalue weighted by Gasteiger charge is 2.37. The van der Waals surface area contributed by atoms with E-state index in [4.69, 9.17) is 4.74 Å². The van der Waals surface area contributed by atoms with Crippen molar-refractivity contribution in [3.05, 3.63) is 89.5 Å². The van der Waals surface area contributed by atoms with Gasteiger partial charge in [0.1, 0.15) is 18.5 Å². The number of carbonyl (C=O) groups excluding carboxylic acids is 2. The van der Waals surface area contributed by atoms with E-state index in [2.05, 4.69) is 10.2 Å². The molecule has 0 aliphatic carbocycles. The molecule has 0 bridgehead atoms. The van der Waals surface area contributed by atoms with Gasteiger partial charge in [0.05, 0.1) is 11.3 Å². The molecule has 0 spiro atoms. The second-order valence-corrected chi connectivity index (χ2v) is 8.57. The second-order valence-electron chi connectivity index (χ2n) is 8.57. The van der Waals surface area contributed by atoms with Gasteiger partial charge in [-0.1, -0.05) is 30.3 Å². The average molecular weight is 442 g/mol. The largest absolute Gasteiger partial charge is 0.489 e. The van der Waals surface area contributed by atoms with Gasteiger partial charge in [0.25, 0.3) is 11.8 Å². The Morgan fingerprint density at radius 3 is 2.61 bits per heavy atom. The Bertz CT molecular complexity index is 1160. The molecular weight excluding hydrogens is 414 g/mol. The molecule has 3 aromatic carbocycles. The van der Waals surface area contributed by atoms with E-state index in [-0.39, 0.29) is 18.0 Å². The topological polar surface area (TPSA) is 61.9 Å². The van der Waals surface area contributed by atoms with Gasteiger partial charge in [-0.05, 0) is 67.3 Å². The van der Waals surface area contributed by atoms with Gasteiger partial charge in [0.15, 0.2) is 0 Å². The van der Waals surface area contributed by atoms with E-state index < -0.39 is 0 Å². The van der Waals surface area contributed by atoms with Gasteiger partial charge in [-0.3, -0.25) is 9.59 Å². The molecule has 2 aliphatic rings. The molecule has 0 aromatic heterocycles. The van der Waals surface area contributed by atoms with Crippen molar-refractivity contribution in [2.24, 2.45) is 0 Å². The number of hydrogen-bond donors (Lipinski definition) is 1. The van der Waals surface area contributed by atoms with Gasteiger partial charge in [0, 0.05) is 24.8 Å². The lowest BCUT2D eigenvalue weighted by Gasteiger charge is -2.46. The van der Waals surface area contributed by atoms with Crippen molar-refractivity contribution in [1.82, 2.24) is 4.90 Å². The zero-order chi connectivity index (χ0) is 22.8. The minimum Gasteiger partial charge on any atom is -0.489 e. The zero-order valence-corrected chi connectivity index (χ0v) is 18.7. The molecule has 5 rings (SSSR count). The van der Waals surface area contributed by atoms with Crippen LogP contribution in [0.3, 0.4) is 0 Å². The van der Waals surface area contributed by atoms with Crippen LogP contribution in [0.5, 0.6) is 5.75 Å². The summed E-state index contributed by atoms with van der Waals surface area (Å²) in [6.45, 7) is 1.28. The van der Waals surface area contributed by atoms with Gasteiger partial charge >= 0.3 is 0 Å². The number of rotatable bonds is 5. The van der Waals surface area contributed by atoms with Crippen LogP contribution in [0.1, 0.15) is 45.5 Å². The SMILES string of the molecule is CN1c2cc(C(=O)Nc3ccc(OCc4ccccc4)cc3)ccc2C(=O)N2CCCC[C@H]21. The van der Waals surface area contributed by atoms with Crippen molar-refractivity contribution in [3.8, 4) is 5.75 Å². The van der Waals surface area contributed by atoms with E-state index in [0.717, 1.165) is 42.8 Å². The molecule has 1 fully saturated rings. The number of benzene rings is 3. The Morgan fingerprint density at radius 2 is 1.82 bits per heavy atom. The van der Waals surface area contributed by atoms with Crippen molar-refractivity contribution in [2.45, 2.75) is 32.0 Å². The number of amides is 2. The Morgan fingerprint density at radius 1 is 1.03 bits per heavy atom. The third-order valence-electron chi connectivity index (χ3n) is 6.41. The molecule has 1 N–H and O–H groups in total. The van der Waals surface area contributed by atoms with E-state index in [1.807, 2.05) is 72.6 Å². The predicted octanol–water partition coefficient (Wildman–Crippen LogP) is 4.92. The Labute approximate surface area is 193 Å². The van der Waals surface area contributed by atoms with Gasteiger partial charge < -0.3 is 19.9 Å². The Hall–Kier alpha value is -3.80. The number of nitrogens with zero attached hydrogens (tertiary/aromatic N) is 2. The predicted molar refractivity (Wildman–Crippen MR) is 129 cm³/mol. The fourth-order valence-electron chi connectivity index (χ4n) is 4.59. The third kappa shape index (κ3) is 4.29. The first kappa shape index (κ1) is 21.1. The van der Waals surface area contributed by atoms with Gasteiger partial charge in [-0.15, -0.1) is 0 Å². The van der Waals surface area contributed by atoms with Crippen molar-refractivity contribution >= 4 is 23.2 Å². The number of piperidine rings is 1. The molecule has 6 nitrogen and oxygen atoms in total. The highest BCUT2D eigenvalue weighted by Crippen LogP contribution is 2.35. The van der Waals surface area contributed by atoms with Crippen molar-refractivity contribution in [2.75, 3.05) is 23.8 Å². The summed E-state index contributed by atoms with van der Waals surface area (Å²) < 4.78 is 5.81. The summed E-state index contributed by atoms with van der Waals surface area (Å²) in [5.74, 6) is 0.594. The lowest BCUT2D eigenvalue weighted by atomic mass is 9.97. The third-order valence-corrected chi connectivity index (χ3v) is 6.41. The number of carbonyl (C=O) groups is 2.